The summed E-state index contributed by atoms with van der Waals surface area (Å²) in [5.41, 5.74) is 0. The van der Waals surface area contributed by atoms with Gasteiger partial charge in [-0.2, -0.15) is 0 Å². The van der Waals surface area contributed by atoms with Gasteiger partial charge in [0.25, 0.3) is 0 Å². The Hall–Kier alpha value is -3.93. The standard InChI is InChI=1S/C70H118O6/c1-4-7-10-13-16-19-22-25-28-30-32-33-34-35-36-38-39-42-45-48-51-54-57-60-63-69(72)75-66-67(65-74-68(71)62-59-56-53-50-47-44-41-27-24-21-18-15-12-9-6-3)76-70(73)64-61-58-55-52-49-46-43-40-37-31-29-26-23-20-17-14-11-8-5-2/h8-9,11-12,17-18,20-21,26-27,29,37,40-41,47,50,56,59,67H,4-7,10,13-16,19,22-25,28,30-36,38-39,42-46,48-49,51-55,57-58,60-66H2,1-3H3/b11-8-,12-9-,20-17-,21-18-,29-26-,40-37-,41-27-,50-47-,59-56-. The van der Waals surface area contributed by atoms with Gasteiger partial charge < -0.3 is 14.2 Å². The van der Waals surface area contributed by atoms with Crippen molar-refractivity contribution >= 4 is 17.9 Å². The van der Waals surface area contributed by atoms with Crippen LogP contribution in [0.15, 0.2) is 109 Å². The highest BCUT2D eigenvalue weighted by Crippen LogP contribution is 2.17. The second-order valence-corrected chi connectivity index (χ2v) is 20.9. The van der Waals surface area contributed by atoms with E-state index in [9.17, 15) is 14.4 Å². The highest BCUT2D eigenvalue weighted by molar-refractivity contribution is 5.72. The predicted octanol–water partition coefficient (Wildman–Crippen LogP) is 21.8. The highest BCUT2D eigenvalue weighted by atomic mass is 16.6. The Morgan fingerprint density at radius 3 is 0.921 bits per heavy atom. The molecule has 76 heavy (non-hydrogen) atoms. The predicted molar refractivity (Wildman–Crippen MR) is 330 cm³/mol. The van der Waals surface area contributed by atoms with Crippen molar-refractivity contribution in [2.75, 3.05) is 13.2 Å². The van der Waals surface area contributed by atoms with Crippen LogP contribution in [0.1, 0.15) is 297 Å². The molecule has 1 atom stereocenters. The molecule has 0 aromatic carbocycles. The normalized spacial score (nSPS) is 12.8. The van der Waals surface area contributed by atoms with E-state index in [4.69, 9.17) is 14.2 Å². The van der Waals surface area contributed by atoms with Gasteiger partial charge in [0, 0.05) is 12.8 Å². The van der Waals surface area contributed by atoms with Gasteiger partial charge in [-0.1, -0.05) is 304 Å². The van der Waals surface area contributed by atoms with Gasteiger partial charge in [-0.3, -0.25) is 14.4 Å². The molecule has 0 aromatic heterocycles. The van der Waals surface area contributed by atoms with Gasteiger partial charge in [0.1, 0.15) is 13.2 Å². The zero-order valence-electron chi connectivity index (χ0n) is 49.7. The molecule has 6 nitrogen and oxygen atoms in total. The van der Waals surface area contributed by atoms with Crippen molar-refractivity contribution in [3.05, 3.63) is 109 Å². The summed E-state index contributed by atoms with van der Waals surface area (Å²) in [7, 11) is 0. The number of unbranched alkanes of at least 4 members (excludes halogenated alkanes) is 29. The summed E-state index contributed by atoms with van der Waals surface area (Å²) >= 11 is 0. The Bertz CT molecular complexity index is 1540. The van der Waals surface area contributed by atoms with Crippen LogP contribution in [0.4, 0.5) is 0 Å². The summed E-state index contributed by atoms with van der Waals surface area (Å²) in [6.45, 7) is 6.34. The van der Waals surface area contributed by atoms with Gasteiger partial charge in [0.15, 0.2) is 6.10 Å². The lowest BCUT2D eigenvalue weighted by Crippen LogP contribution is -2.30. The second kappa shape index (κ2) is 63.6. The molecular weight excluding hydrogens is 937 g/mol. The molecule has 0 N–H and O–H groups in total. The second-order valence-electron chi connectivity index (χ2n) is 20.9. The number of rotatable bonds is 57. The summed E-state index contributed by atoms with van der Waals surface area (Å²) in [6, 6.07) is 0. The van der Waals surface area contributed by atoms with Gasteiger partial charge >= 0.3 is 17.9 Å². The van der Waals surface area contributed by atoms with Gasteiger partial charge in [-0.05, 0) is 83.5 Å². The van der Waals surface area contributed by atoms with E-state index < -0.39 is 12.1 Å². The summed E-state index contributed by atoms with van der Waals surface area (Å²) < 4.78 is 16.8. The van der Waals surface area contributed by atoms with E-state index >= 15 is 0 Å². The minimum Gasteiger partial charge on any atom is -0.462 e. The summed E-state index contributed by atoms with van der Waals surface area (Å²) in [6.07, 6.45) is 87.0. The van der Waals surface area contributed by atoms with Crippen molar-refractivity contribution in [3.63, 3.8) is 0 Å². The smallest absolute Gasteiger partial charge is 0.309 e. The minimum absolute atomic E-state index is 0.113. The van der Waals surface area contributed by atoms with E-state index in [1.165, 1.54) is 148 Å². The van der Waals surface area contributed by atoms with Crippen molar-refractivity contribution in [3.8, 4) is 0 Å². The van der Waals surface area contributed by atoms with Crippen LogP contribution >= 0.6 is 0 Å². The van der Waals surface area contributed by atoms with E-state index in [0.717, 1.165) is 109 Å². The molecule has 1 unspecified atom stereocenters. The van der Waals surface area contributed by atoms with E-state index in [1.807, 2.05) is 6.08 Å². The quantitative estimate of drug-likeness (QED) is 0.0261. The molecule has 0 bridgehead atoms. The van der Waals surface area contributed by atoms with Gasteiger partial charge in [-0.15, -0.1) is 0 Å². The topological polar surface area (TPSA) is 78.9 Å². The molecule has 0 saturated heterocycles. The fourth-order valence-corrected chi connectivity index (χ4v) is 8.86. The molecule has 0 aliphatic heterocycles. The molecular formula is C70H118O6. The average molecular weight is 1060 g/mol. The molecule has 0 aliphatic rings. The van der Waals surface area contributed by atoms with Crippen LogP contribution in [0.3, 0.4) is 0 Å². The Labute approximate surface area is 470 Å². The fraction of sp³-hybridized carbons (Fsp3) is 0.700. The van der Waals surface area contributed by atoms with Crippen LogP contribution in [0.5, 0.6) is 0 Å². The maximum Gasteiger partial charge on any atom is 0.309 e. The molecule has 434 valence electrons. The van der Waals surface area contributed by atoms with Gasteiger partial charge in [-0.25, -0.2) is 0 Å². The Morgan fingerprint density at radius 1 is 0.289 bits per heavy atom. The van der Waals surface area contributed by atoms with Crippen molar-refractivity contribution in [1.29, 1.82) is 0 Å². The maximum atomic E-state index is 12.9. The third-order valence-corrected chi connectivity index (χ3v) is 13.6. The zero-order chi connectivity index (χ0) is 55.0. The molecule has 0 rings (SSSR count). The van der Waals surface area contributed by atoms with Crippen molar-refractivity contribution in [2.45, 2.75) is 303 Å². The molecule has 0 fully saturated rings. The largest absolute Gasteiger partial charge is 0.462 e. The van der Waals surface area contributed by atoms with Crippen molar-refractivity contribution in [2.24, 2.45) is 0 Å². The molecule has 0 amide bonds. The Balaban J connectivity index is 4.41. The van der Waals surface area contributed by atoms with E-state index in [2.05, 4.69) is 118 Å². The van der Waals surface area contributed by atoms with Gasteiger partial charge in [0.2, 0.25) is 0 Å². The van der Waals surface area contributed by atoms with Crippen molar-refractivity contribution in [1.82, 2.24) is 0 Å². The first-order valence-electron chi connectivity index (χ1n) is 31.9. The number of carbonyl (C=O) groups excluding carboxylic acids is 3. The fourth-order valence-electron chi connectivity index (χ4n) is 8.86. The number of hydrogen-bond acceptors (Lipinski definition) is 6. The minimum atomic E-state index is -0.827. The third-order valence-electron chi connectivity index (χ3n) is 13.6. The average Bonchev–Trinajstić information content (AvgIpc) is 3.42. The third kappa shape index (κ3) is 60.9. The maximum absolute atomic E-state index is 12.9. The van der Waals surface area contributed by atoms with E-state index in [-0.39, 0.29) is 31.6 Å². The van der Waals surface area contributed by atoms with Crippen LogP contribution < -0.4 is 0 Å². The first-order chi connectivity index (χ1) is 37.5. The molecule has 0 aliphatic carbocycles. The summed E-state index contributed by atoms with van der Waals surface area (Å²) in [5, 5.41) is 0. The Kier molecular flexibility index (Phi) is 60.3. The summed E-state index contributed by atoms with van der Waals surface area (Å²) in [5.74, 6) is -1.05. The first kappa shape index (κ1) is 72.1. The number of ether oxygens (including phenoxy) is 3. The van der Waals surface area contributed by atoms with Crippen LogP contribution in [0, 0.1) is 0 Å². The number of esters is 3. The zero-order valence-corrected chi connectivity index (χ0v) is 49.7. The molecule has 6 heteroatoms. The highest BCUT2D eigenvalue weighted by Gasteiger charge is 2.19. The first-order valence-corrected chi connectivity index (χ1v) is 31.9. The van der Waals surface area contributed by atoms with Crippen molar-refractivity contribution < 1.29 is 28.6 Å². The summed E-state index contributed by atoms with van der Waals surface area (Å²) in [4.78, 5) is 38.2. The number of carbonyl (C=O) groups is 3. The lowest BCUT2D eigenvalue weighted by molar-refractivity contribution is -0.166. The number of hydrogen-bond donors (Lipinski definition) is 0. The van der Waals surface area contributed by atoms with E-state index in [1.54, 1.807) is 6.08 Å². The van der Waals surface area contributed by atoms with Gasteiger partial charge in [0.05, 0.1) is 6.42 Å². The molecule has 0 spiro atoms. The Morgan fingerprint density at radius 2 is 0.566 bits per heavy atom. The molecule has 0 heterocycles. The van der Waals surface area contributed by atoms with Crippen LogP contribution in [0.2, 0.25) is 0 Å². The molecule has 0 aromatic rings. The lowest BCUT2D eigenvalue weighted by atomic mass is 10.0. The SMILES string of the molecule is CC/C=C\C/C=C\C/C=C\C/C=C\C/C=C\CC(=O)OCC(COC(=O)CCCCCCCCCCCCCCCCCCCCCCCCCC)OC(=O)CCCCCCCC/C=C\C/C=C\C/C=C\C/C=C\CC. The molecule has 0 saturated carbocycles. The van der Waals surface area contributed by atoms with E-state index in [0.29, 0.717) is 12.8 Å². The molecule has 0 radical (unpaired) electrons. The number of allylic oxidation sites excluding steroid dienone is 17. The van der Waals surface area contributed by atoms with Crippen LogP contribution in [-0.4, -0.2) is 37.2 Å². The monoisotopic (exact) mass is 1050 g/mol. The van der Waals surface area contributed by atoms with Crippen LogP contribution in [0.25, 0.3) is 0 Å². The lowest BCUT2D eigenvalue weighted by Gasteiger charge is -2.18. The van der Waals surface area contributed by atoms with Crippen LogP contribution in [-0.2, 0) is 28.6 Å².